The first kappa shape index (κ1) is 9.48. The largest absolute Gasteiger partial charge is 0.106 e. The van der Waals surface area contributed by atoms with E-state index in [1.807, 2.05) is 0 Å². The molecule has 0 aromatic heterocycles. The van der Waals surface area contributed by atoms with Gasteiger partial charge < -0.3 is 0 Å². The lowest BCUT2D eigenvalue weighted by Crippen LogP contribution is -1.96. The highest BCUT2D eigenvalue weighted by Gasteiger charge is 1.95. The van der Waals surface area contributed by atoms with E-state index >= 15 is 0 Å². The Bertz CT molecular complexity index is 280. The van der Waals surface area contributed by atoms with Gasteiger partial charge in [-0.05, 0) is 31.1 Å². The van der Waals surface area contributed by atoms with Crippen LogP contribution in [0.5, 0.6) is 0 Å². The second kappa shape index (κ2) is 3.87. The number of hydrogen-bond donors (Lipinski definition) is 0. The molecule has 0 saturated carbocycles. The van der Waals surface area contributed by atoms with E-state index in [1.165, 1.54) is 22.0 Å². The summed E-state index contributed by atoms with van der Waals surface area (Å²) in [4.78, 5) is 0. The van der Waals surface area contributed by atoms with Crippen molar-refractivity contribution < 1.29 is 0 Å². The quantitative estimate of drug-likeness (QED) is 0.482. The summed E-state index contributed by atoms with van der Waals surface area (Å²) >= 11 is 0. The Kier molecular flexibility index (Phi) is 3.05. The van der Waals surface area contributed by atoms with Crippen LogP contribution in [-0.2, 0) is 6.42 Å². The van der Waals surface area contributed by atoms with Crippen LogP contribution in [0.3, 0.4) is 0 Å². The maximum Gasteiger partial charge on any atom is -0.00722 e. The summed E-state index contributed by atoms with van der Waals surface area (Å²) < 4.78 is 0. The van der Waals surface area contributed by atoms with E-state index in [4.69, 9.17) is 0 Å². The van der Waals surface area contributed by atoms with Crippen LogP contribution in [0.2, 0.25) is 0 Å². The molecule has 12 heavy (non-hydrogen) atoms. The number of rotatable bonds is 2. The van der Waals surface area contributed by atoms with Gasteiger partial charge in [-0.2, -0.15) is 0 Å². The van der Waals surface area contributed by atoms with Crippen LogP contribution in [0.4, 0.5) is 0 Å². The van der Waals surface area contributed by atoms with Crippen molar-refractivity contribution in [3.8, 4) is 0 Å². The first-order chi connectivity index (χ1) is 5.58. The van der Waals surface area contributed by atoms with Gasteiger partial charge in [0.05, 0.1) is 0 Å². The molecule has 0 fully saturated rings. The highest BCUT2D eigenvalue weighted by atomic mass is 31.0. The zero-order chi connectivity index (χ0) is 9.14. The Labute approximate surface area is 76.9 Å². The predicted octanol–water partition coefficient (Wildman–Crippen LogP) is 2.61. The van der Waals surface area contributed by atoms with Crippen LogP contribution >= 0.6 is 9.24 Å². The molecule has 0 amide bonds. The number of hydrogen-bond acceptors (Lipinski definition) is 0. The van der Waals surface area contributed by atoms with Crippen molar-refractivity contribution >= 4 is 14.5 Å². The van der Waals surface area contributed by atoms with Crippen molar-refractivity contribution in [2.24, 2.45) is 0 Å². The van der Waals surface area contributed by atoms with E-state index in [1.54, 1.807) is 0 Å². The maximum atomic E-state index is 3.90. The Morgan fingerprint density at radius 3 is 2.58 bits per heavy atom. The predicted molar refractivity (Wildman–Crippen MR) is 59.0 cm³/mol. The van der Waals surface area contributed by atoms with Crippen molar-refractivity contribution in [3.05, 3.63) is 41.5 Å². The number of allylic oxidation sites excluding steroid dienone is 1. The van der Waals surface area contributed by atoms with Gasteiger partial charge in [-0.25, -0.2) is 0 Å². The van der Waals surface area contributed by atoms with Crippen LogP contribution in [0, 0.1) is 6.92 Å². The van der Waals surface area contributed by atoms with E-state index in [2.05, 4.69) is 47.9 Å². The minimum absolute atomic E-state index is 0.989. The summed E-state index contributed by atoms with van der Waals surface area (Å²) in [5, 5.41) is 1.26. The molecule has 0 bridgehead atoms. The molecule has 0 spiro atoms. The number of benzene rings is 1. The lowest BCUT2D eigenvalue weighted by molar-refractivity contribution is 1.15. The van der Waals surface area contributed by atoms with Gasteiger partial charge in [-0.1, -0.05) is 35.9 Å². The molecule has 0 saturated heterocycles. The molecule has 0 nitrogen and oxygen atoms in total. The first-order valence-corrected chi connectivity index (χ1v) is 4.66. The topological polar surface area (TPSA) is 0 Å². The highest BCUT2D eigenvalue weighted by Crippen LogP contribution is 2.08. The summed E-state index contributed by atoms with van der Waals surface area (Å²) in [6.45, 7) is 8.08. The molecule has 0 aliphatic rings. The maximum absolute atomic E-state index is 3.90. The van der Waals surface area contributed by atoms with Crippen LogP contribution < -0.4 is 5.30 Å². The molecule has 1 heteroatoms. The Hall–Kier alpha value is -0.610. The standard InChI is InChI=1S/C11H15P/c1-8(2)4-10-5-9(3)6-11(12)7-10/h5-7H,1,4,12H2,2-3H3. The highest BCUT2D eigenvalue weighted by molar-refractivity contribution is 7.27. The van der Waals surface area contributed by atoms with Crippen molar-refractivity contribution in [2.45, 2.75) is 20.3 Å². The van der Waals surface area contributed by atoms with Crippen molar-refractivity contribution in [1.29, 1.82) is 0 Å². The van der Waals surface area contributed by atoms with Gasteiger partial charge in [0.2, 0.25) is 0 Å². The van der Waals surface area contributed by atoms with Gasteiger partial charge in [-0.15, -0.1) is 9.24 Å². The Balaban J connectivity index is 2.93. The summed E-state index contributed by atoms with van der Waals surface area (Å²) in [5.74, 6) is 0. The van der Waals surface area contributed by atoms with E-state index in [0.29, 0.717) is 0 Å². The molecule has 0 N–H and O–H groups in total. The lowest BCUT2D eigenvalue weighted by atomic mass is 10.1. The lowest BCUT2D eigenvalue weighted by Gasteiger charge is -2.03. The van der Waals surface area contributed by atoms with Crippen LogP contribution in [0.1, 0.15) is 18.1 Å². The molecular formula is C11H15P. The fraction of sp³-hybridized carbons (Fsp3) is 0.273. The van der Waals surface area contributed by atoms with E-state index in [-0.39, 0.29) is 0 Å². The van der Waals surface area contributed by atoms with E-state index in [0.717, 1.165) is 6.42 Å². The fourth-order valence-electron chi connectivity index (χ4n) is 1.34. The average Bonchev–Trinajstić information content (AvgIpc) is 1.81. The van der Waals surface area contributed by atoms with Crippen molar-refractivity contribution in [1.82, 2.24) is 0 Å². The van der Waals surface area contributed by atoms with Gasteiger partial charge in [-0.3, -0.25) is 0 Å². The fourth-order valence-corrected chi connectivity index (χ4v) is 1.82. The SMILES string of the molecule is C=C(C)Cc1cc(C)cc(P)c1. The molecular weight excluding hydrogens is 163 g/mol. The smallest absolute Gasteiger partial charge is 0.00722 e. The zero-order valence-electron chi connectivity index (χ0n) is 7.72. The Morgan fingerprint density at radius 1 is 1.42 bits per heavy atom. The molecule has 1 unspecified atom stereocenters. The summed E-state index contributed by atoms with van der Waals surface area (Å²) in [6.07, 6.45) is 0.989. The molecule has 1 rings (SSSR count). The van der Waals surface area contributed by atoms with Gasteiger partial charge in [0, 0.05) is 0 Å². The molecule has 1 aromatic rings. The van der Waals surface area contributed by atoms with Gasteiger partial charge in [0.25, 0.3) is 0 Å². The summed E-state index contributed by atoms with van der Waals surface area (Å²) in [5.41, 5.74) is 3.89. The van der Waals surface area contributed by atoms with E-state index in [9.17, 15) is 0 Å². The second-order valence-corrected chi connectivity index (χ2v) is 4.05. The zero-order valence-corrected chi connectivity index (χ0v) is 8.88. The van der Waals surface area contributed by atoms with E-state index < -0.39 is 0 Å². The molecule has 0 aliphatic carbocycles. The molecule has 0 radical (unpaired) electrons. The average molecular weight is 178 g/mol. The second-order valence-electron chi connectivity index (χ2n) is 3.39. The number of aryl methyl sites for hydroxylation is 1. The molecule has 1 atom stereocenters. The molecule has 64 valence electrons. The monoisotopic (exact) mass is 178 g/mol. The first-order valence-electron chi connectivity index (χ1n) is 4.08. The minimum atomic E-state index is 0.989. The minimum Gasteiger partial charge on any atom is -0.106 e. The summed E-state index contributed by atoms with van der Waals surface area (Å²) in [7, 11) is 2.73. The van der Waals surface area contributed by atoms with Gasteiger partial charge >= 0.3 is 0 Å². The molecule has 1 aromatic carbocycles. The third-order valence-electron chi connectivity index (χ3n) is 1.67. The summed E-state index contributed by atoms with van der Waals surface area (Å²) in [6, 6.07) is 6.56. The van der Waals surface area contributed by atoms with Crippen molar-refractivity contribution in [3.63, 3.8) is 0 Å². The van der Waals surface area contributed by atoms with Gasteiger partial charge in [0.1, 0.15) is 0 Å². The van der Waals surface area contributed by atoms with Gasteiger partial charge in [0.15, 0.2) is 0 Å². The van der Waals surface area contributed by atoms with Crippen LogP contribution in [0.15, 0.2) is 30.4 Å². The molecule has 0 heterocycles. The molecule has 0 aliphatic heterocycles. The van der Waals surface area contributed by atoms with Crippen molar-refractivity contribution in [2.75, 3.05) is 0 Å². The van der Waals surface area contributed by atoms with Crippen LogP contribution in [0.25, 0.3) is 0 Å². The third kappa shape index (κ3) is 2.79. The normalized spacial score (nSPS) is 9.92. The van der Waals surface area contributed by atoms with Crippen LogP contribution in [-0.4, -0.2) is 0 Å². The third-order valence-corrected chi connectivity index (χ3v) is 2.00. The Morgan fingerprint density at radius 2 is 2.08 bits per heavy atom.